The molecule has 0 aliphatic carbocycles. The summed E-state index contributed by atoms with van der Waals surface area (Å²) >= 11 is 0. The van der Waals surface area contributed by atoms with E-state index in [1.54, 1.807) is 4.90 Å². The Bertz CT molecular complexity index is 209. The highest BCUT2D eigenvalue weighted by Gasteiger charge is 2.24. The molecule has 0 N–H and O–H groups in total. The third-order valence-electron chi connectivity index (χ3n) is 1.83. The van der Waals surface area contributed by atoms with Gasteiger partial charge in [-0.3, -0.25) is 4.79 Å². The van der Waals surface area contributed by atoms with E-state index < -0.39 is 0 Å². The van der Waals surface area contributed by atoms with Crippen LogP contribution in [0.2, 0.25) is 0 Å². The van der Waals surface area contributed by atoms with Gasteiger partial charge >= 0.3 is 0 Å². The van der Waals surface area contributed by atoms with Gasteiger partial charge in [-0.2, -0.15) is 0 Å². The van der Waals surface area contributed by atoms with Gasteiger partial charge < -0.3 is 9.64 Å². The maximum atomic E-state index is 11.1. The molecule has 3 nitrogen and oxygen atoms in total. The number of hydrogen-bond donors (Lipinski definition) is 0. The van der Waals surface area contributed by atoms with Crippen molar-refractivity contribution >= 4 is 5.91 Å². The van der Waals surface area contributed by atoms with Gasteiger partial charge in [-0.25, -0.2) is 0 Å². The van der Waals surface area contributed by atoms with Crippen LogP contribution in [0.4, 0.5) is 0 Å². The Hall–Kier alpha value is -1.01. The molecule has 0 saturated carbocycles. The molecular weight excluding hydrogens is 154 g/mol. The largest absolute Gasteiger partial charge is 0.372 e. The monoisotopic (exact) mass is 167 g/mol. The molecule has 3 heteroatoms. The van der Waals surface area contributed by atoms with Crippen molar-refractivity contribution in [1.82, 2.24) is 4.90 Å². The summed E-state index contributed by atoms with van der Waals surface area (Å²) < 4.78 is 5.45. The normalized spacial score (nSPS) is 29.6. The molecule has 2 atom stereocenters. The van der Waals surface area contributed by atoms with E-state index in [1.165, 1.54) is 0 Å². The van der Waals surface area contributed by atoms with Crippen molar-refractivity contribution in [3.8, 4) is 12.3 Å². The van der Waals surface area contributed by atoms with Crippen LogP contribution in [0.25, 0.3) is 0 Å². The third-order valence-corrected chi connectivity index (χ3v) is 1.83. The summed E-state index contributed by atoms with van der Waals surface area (Å²) in [6.45, 7) is 5.08. The van der Waals surface area contributed by atoms with E-state index in [1.807, 2.05) is 13.8 Å². The van der Waals surface area contributed by atoms with Crippen molar-refractivity contribution in [1.29, 1.82) is 0 Å². The lowest BCUT2D eigenvalue weighted by molar-refractivity contribution is -0.137. The summed E-state index contributed by atoms with van der Waals surface area (Å²) in [5.74, 6) is 1.87. The molecule has 0 aromatic heterocycles. The molecule has 1 rings (SSSR count). The molecule has 0 spiro atoms. The van der Waals surface area contributed by atoms with Gasteiger partial charge in [0.1, 0.15) is 0 Å². The smallest absolute Gasteiger partial charge is 0.298 e. The number of terminal acetylenes is 1. The van der Waals surface area contributed by atoms with Gasteiger partial charge in [-0.05, 0) is 19.8 Å². The summed E-state index contributed by atoms with van der Waals surface area (Å²) in [6, 6.07) is 0. The van der Waals surface area contributed by atoms with Crippen LogP contribution >= 0.6 is 0 Å². The highest BCUT2D eigenvalue weighted by Crippen LogP contribution is 2.09. The van der Waals surface area contributed by atoms with Crippen LogP contribution in [0.15, 0.2) is 0 Å². The third kappa shape index (κ3) is 1.99. The highest BCUT2D eigenvalue weighted by atomic mass is 16.5. The minimum absolute atomic E-state index is 0.0889. The lowest BCUT2D eigenvalue weighted by Crippen LogP contribution is -2.47. The lowest BCUT2D eigenvalue weighted by Gasteiger charge is -2.34. The van der Waals surface area contributed by atoms with Crippen LogP contribution < -0.4 is 0 Å². The van der Waals surface area contributed by atoms with Crippen molar-refractivity contribution < 1.29 is 9.53 Å². The number of ether oxygens (including phenoxy) is 1. The molecule has 1 aliphatic rings. The van der Waals surface area contributed by atoms with E-state index in [4.69, 9.17) is 11.2 Å². The number of rotatable bonds is 0. The number of amides is 1. The fraction of sp³-hybridized carbons (Fsp3) is 0.667. The molecular formula is C9H13NO2. The second-order valence-electron chi connectivity index (χ2n) is 3.11. The average molecular weight is 167 g/mol. The van der Waals surface area contributed by atoms with Crippen LogP contribution in [0.3, 0.4) is 0 Å². The molecule has 0 radical (unpaired) electrons. The number of hydrogen-bond acceptors (Lipinski definition) is 2. The van der Waals surface area contributed by atoms with Crippen LogP contribution in [-0.4, -0.2) is 36.1 Å². The zero-order valence-corrected chi connectivity index (χ0v) is 7.41. The quantitative estimate of drug-likeness (QED) is 0.484. The molecule has 1 fully saturated rings. The molecule has 1 saturated heterocycles. The summed E-state index contributed by atoms with van der Waals surface area (Å²) in [5, 5.41) is 0. The summed E-state index contributed by atoms with van der Waals surface area (Å²) in [5.41, 5.74) is 0. The Morgan fingerprint density at radius 3 is 2.42 bits per heavy atom. The molecule has 0 aromatic rings. The van der Waals surface area contributed by atoms with Gasteiger partial charge in [0.05, 0.1) is 12.2 Å². The van der Waals surface area contributed by atoms with Gasteiger partial charge in [0.15, 0.2) is 0 Å². The van der Waals surface area contributed by atoms with Gasteiger partial charge in [0.2, 0.25) is 0 Å². The first kappa shape index (κ1) is 9.08. The Morgan fingerprint density at radius 2 is 2.00 bits per heavy atom. The van der Waals surface area contributed by atoms with E-state index in [2.05, 4.69) is 5.92 Å². The number of carbonyl (C=O) groups excluding carboxylic acids is 1. The molecule has 66 valence electrons. The Morgan fingerprint density at radius 1 is 1.50 bits per heavy atom. The SMILES string of the molecule is C#CC(=O)N1C[C@@H](C)O[C@@H](C)C1. The average Bonchev–Trinajstić information content (AvgIpc) is 2.01. The van der Waals surface area contributed by atoms with Gasteiger partial charge in [-0.1, -0.05) is 0 Å². The van der Waals surface area contributed by atoms with Crippen LogP contribution in [0.1, 0.15) is 13.8 Å². The highest BCUT2D eigenvalue weighted by molar-refractivity contribution is 5.92. The van der Waals surface area contributed by atoms with E-state index in [-0.39, 0.29) is 18.1 Å². The van der Waals surface area contributed by atoms with E-state index in [9.17, 15) is 4.79 Å². The number of morpholine rings is 1. The summed E-state index contributed by atoms with van der Waals surface area (Å²) in [7, 11) is 0. The Balaban J connectivity index is 2.56. The van der Waals surface area contributed by atoms with Crippen molar-refractivity contribution in [2.24, 2.45) is 0 Å². The first-order valence-electron chi connectivity index (χ1n) is 4.04. The molecule has 1 amide bonds. The van der Waals surface area contributed by atoms with Crippen LogP contribution in [0, 0.1) is 12.3 Å². The van der Waals surface area contributed by atoms with Crippen molar-refractivity contribution in [2.75, 3.05) is 13.1 Å². The van der Waals surface area contributed by atoms with Crippen molar-refractivity contribution in [2.45, 2.75) is 26.1 Å². The predicted octanol–water partition coefficient (Wildman–Crippen LogP) is 0.255. The van der Waals surface area contributed by atoms with E-state index >= 15 is 0 Å². The Labute approximate surface area is 72.7 Å². The van der Waals surface area contributed by atoms with Crippen molar-refractivity contribution in [3.05, 3.63) is 0 Å². The maximum absolute atomic E-state index is 11.1. The zero-order valence-electron chi connectivity index (χ0n) is 7.41. The second-order valence-corrected chi connectivity index (χ2v) is 3.11. The van der Waals surface area contributed by atoms with Crippen molar-refractivity contribution in [3.63, 3.8) is 0 Å². The van der Waals surface area contributed by atoms with Gasteiger partial charge in [0.25, 0.3) is 5.91 Å². The fourth-order valence-electron chi connectivity index (χ4n) is 1.44. The van der Waals surface area contributed by atoms with Gasteiger partial charge in [0, 0.05) is 13.1 Å². The molecule has 0 aromatic carbocycles. The molecule has 1 aliphatic heterocycles. The van der Waals surface area contributed by atoms with Crippen LogP contribution in [0.5, 0.6) is 0 Å². The summed E-state index contributed by atoms with van der Waals surface area (Å²) in [4.78, 5) is 12.7. The summed E-state index contributed by atoms with van der Waals surface area (Å²) in [6.07, 6.45) is 5.19. The molecule has 0 bridgehead atoms. The standard InChI is InChI=1S/C9H13NO2/c1-4-9(11)10-5-7(2)12-8(3)6-10/h1,7-8H,5-6H2,2-3H3/t7-,8+. The Kier molecular flexibility index (Phi) is 2.72. The van der Waals surface area contributed by atoms with Crippen LogP contribution in [-0.2, 0) is 9.53 Å². The maximum Gasteiger partial charge on any atom is 0.298 e. The zero-order chi connectivity index (χ0) is 9.14. The number of carbonyl (C=O) groups is 1. The van der Waals surface area contributed by atoms with E-state index in [0.717, 1.165) is 0 Å². The topological polar surface area (TPSA) is 29.5 Å². The molecule has 1 heterocycles. The first-order valence-corrected chi connectivity index (χ1v) is 4.04. The minimum atomic E-state index is -0.239. The first-order chi connectivity index (χ1) is 5.63. The number of nitrogens with zero attached hydrogens (tertiary/aromatic N) is 1. The minimum Gasteiger partial charge on any atom is -0.372 e. The van der Waals surface area contributed by atoms with Gasteiger partial charge in [-0.15, -0.1) is 6.42 Å². The predicted molar refractivity (Wildman–Crippen MR) is 45.4 cm³/mol. The molecule has 12 heavy (non-hydrogen) atoms. The van der Waals surface area contributed by atoms with E-state index in [0.29, 0.717) is 13.1 Å². The fourth-order valence-corrected chi connectivity index (χ4v) is 1.44. The lowest BCUT2D eigenvalue weighted by atomic mass is 10.2. The molecule has 0 unspecified atom stereocenters. The second kappa shape index (κ2) is 3.59.